The van der Waals surface area contributed by atoms with Crippen molar-refractivity contribution in [3.8, 4) is 5.75 Å². The van der Waals surface area contributed by atoms with E-state index >= 15 is 0 Å². The van der Waals surface area contributed by atoms with Gasteiger partial charge < -0.3 is 24.8 Å². The standard InChI is InChI=1S/C36H45ClN2O5S3.C7H14N2O.CH4/c1-23-6-3-15-36(41,34-45-16-5-17-46-34)30-11-8-27(30)20-39-21-35(14-4-7-25-18-28(37)10-12-29(25)35)22-44-32-13-9-26(19-31(32)39)33(40)38-47(42,43)24(23)2;1-2-9-3-4-10-6-7(9)5-8-1;/h3,9-10,12-13,15,18-19,23-24,27,30,34,41H,4-8,11,14,16-17,20-22H2,1-2H3,(H,38,40);7-8H,1-6H2;1H4/b15-3+;;/t23-,24+,27-,30+,35-,36-;7-;/m00./s1. The fraction of sp³-hybridized carbons (Fsp3) is 0.659. The number of morpholine rings is 1. The molecule has 0 aromatic heterocycles. The number of rotatable bonds is 1. The van der Waals surface area contributed by atoms with Crippen LogP contribution in [0.3, 0.4) is 0 Å². The average molecular weight is 876 g/mol. The Morgan fingerprint density at radius 3 is 2.66 bits per heavy atom. The van der Waals surface area contributed by atoms with Crippen LogP contribution in [0.1, 0.15) is 81.3 Å². The SMILES string of the molecule is C.C1CN2CCOC[C@@H]2CN1.C[C@@H]1[C@@H](C)C/C=C/[C@@](O)(C2SCCCS2)[C@@H]2CC[C@H]2CN2C[C@@]3(CCCc4cc(Cl)ccc43)COc3ccc(cc32)C(=O)NS1(=O)=O. The van der Waals surface area contributed by atoms with E-state index in [0.29, 0.717) is 37.9 Å². The van der Waals surface area contributed by atoms with Gasteiger partial charge in [-0.1, -0.05) is 44.2 Å². The number of sulfonamides is 1. The summed E-state index contributed by atoms with van der Waals surface area (Å²) in [4.78, 5) is 18.4. The fourth-order valence-electron chi connectivity index (χ4n) is 9.98. The van der Waals surface area contributed by atoms with Crippen molar-refractivity contribution in [1.29, 1.82) is 0 Å². The molecule has 7 aliphatic rings. The average Bonchev–Trinajstić information content (AvgIpc) is 3.35. The molecular formula is C44H63ClN4O6S3. The molecule has 5 heterocycles. The lowest BCUT2D eigenvalue weighted by Gasteiger charge is -2.51. The molecule has 2 aromatic rings. The highest BCUT2D eigenvalue weighted by Gasteiger charge is 2.52. The predicted octanol–water partition coefficient (Wildman–Crippen LogP) is 6.74. The van der Waals surface area contributed by atoms with Gasteiger partial charge in [-0.05, 0) is 123 Å². The molecule has 10 nitrogen and oxygen atoms in total. The number of allylic oxidation sites excluding steroid dienone is 1. The molecule has 7 atom stereocenters. The van der Waals surface area contributed by atoms with Gasteiger partial charge in [0.1, 0.15) is 11.4 Å². The number of hydrogen-bond acceptors (Lipinski definition) is 11. The first-order valence-corrected chi connectivity index (χ1v) is 25.0. The molecule has 0 unspecified atom stereocenters. The number of nitrogens with zero attached hydrogens (tertiary/aromatic N) is 2. The summed E-state index contributed by atoms with van der Waals surface area (Å²) in [6.07, 6.45) is 10.5. The molecule has 4 fully saturated rings. The number of aliphatic hydroxyl groups is 1. The molecule has 3 saturated heterocycles. The molecule has 2 bridgehead atoms. The van der Waals surface area contributed by atoms with Gasteiger partial charge in [0.15, 0.2) is 0 Å². The van der Waals surface area contributed by atoms with E-state index in [-0.39, 0.29) is 40.7 Å². The minimum absolute atomic E-state index is 0. The van der Waals surface area contributed by atoms with E-state index in [1.165, 1.54) is 17.7 Å². The molecule has 9 rings (SSSR count). The summed E-state index contributed by atoms with van der Waals surface area (Å²) in [6, 6.07) is 12.2. The summed E-state index contributed by atoms with van der Waals surface area (Å²) >= 11 is 10.2. The molecule has 58 heavy (non-hydrogen) atoms. The molecule has 1 saturated carbocycles. The van der Waals surface area contributed by atoms with Gasteiger partial charge in [-0.3, -0.25) is 9.69 Å². The Morgan fingerprint density at radius 2 is 1.88 bits per heavy atom. The van der Waals surface area contributed by atoms with E-state index < -0.39 is 26.8 Å². The maximum Gasteiger partial charge on any atom is 0.264 e. The molecule has 3 N–H and O–H groups in total. The van der Waals surface area contributed by atoms with Crippen LogP contribution in [0.2, 0.25) is 5.02 Å². The predicted molar refractivity (Wildman–Crippen MR) is 239 cm³/mol. The Labute approximate surface area is 360 Å². The van der Waals surface area contributed by atoms with Gasteiger partial charge in [0.2, 0.25) is 10.0 Å². The highest BCUT2D eigenvalue weighted by atomic mass is 35.5. The van der Waals surface area contributed by atoms with Gasteiger partial charge in [0.05, 0.1) is 35.3 Å². The van der Waals surface area contributed by atoms with Crippen molar-refractivity contribution in [3.05, 3.63) is 70.3 Å². The Bertz CT molecular complexity index is 1890. The normalized spacial score (nSPS) is 34.4. The summed E-state index contributed by atoms with van der Waals surface area (Å²) in [7, 11) is -3.95. The first kappa shape index (κ1) is 44.1. The Balaban J connectivity index is 0.000000404. The first-order chi connectivity index (χ1) is 27.5. The lowest BCUT2D eigenvalue weighted by Crippen LogP contribution is -2.56. The van der Waals surface area contributed by atoms with Crippen molar-refractivity contribution in [3.63, 3.8) is 0 Å². The summed E-state index contributed by atoms with van der Waals surface area (Å²) in [5, 5.41) is 15.9. The Morgan fingerprint density at radius 1 is 1.05 bits per heavy atom. The van der Waals surface area contributed by atoms with E-state index in [9.17, 15) is 18.3 Å². The summed E-state index contributed by atoms with van der Waals surface area (Å²) in [5.41, 5.74) is 2.32. The van der Waals surface area contributed by atoms with Crippen LogP contribution in [0, 0.1) is 17.8 Å². The minimum atomic E-state index is -3.95. The third-order valence-electron chi connectivity index (χ3n) is 13.7. The zero-order chi connectivity index (χ0) is 39.8. The monoisotopic (exact) mass is 874 g/mol. The zero-order valence-corrected chi connectivity index (χ0v) is 36.5. The van der Waals surface area contributed by atoms with E-state index in [2.05, 4.69) is 32.0 Å². The molecule has 1 spiro atoms. The number of anilines is 1. The first-order valence-electron chi connectivity index (χ1n) is 21.0. The largest absolute Gasteiger partial charge is 0.490 e. The number of fused-ring (bicyclic) bond motifs is 5. The number of hydrogen-bond donors (Lipinski definition) is 3. The lowest BCUT2D eigenvalue weighted by molar-refractivity contribution is -0.0333. The molecule has 5 aliphatic heterocycles. The van der Waals surface area contributed by atoms with Crippen LogP contribution in [-0.2, 0) is 26.6 Å². The number of carbonyl (C=O) groups excluding carboxylic acids is 1. The van der Waals surface area contributed by atoms with E-state index in [4.69, 9.17) is 21.1 Å². The third kappa shape index (κ3) is 9.13. The second-order valence-corrected chi connectivity index (χ2v) is 22.5. The maximum absolute atomic E-state index is 13.5. The van der Waals surface area contributed by atoms with Crippen LogP contribution in [0.25, 0.3) is 0 Å². The van der Waals surface area contributed by atoms with Crippen LogP contribution >= 0.6 is 35.1 Å². The van der Waals surface area contributed by atoms with Crippen molar-refractivity contribution in [2.75, 3.05) is 75.5 Å². The highest BCUT2D eigenvalue weighted by Crippen LogP contribution is 2.53. The van der Waals surface area contributed by atoms with Crippen LogP contribution in [-0.4, -0.2) is 116 Å². The molecule has 14 heteroatoms. The fourth-order valence-corrected chi connectivity index (χ4v) is 14.7. The number of carbonyl (C=O) groups is 1. The lowest BCUT2D eigenvalue weighted by atomic mass is 9.64. The van der Waals surface area contributed by atoms with Crippen LogP contribution in [0.5, 0.6) is 5.75 Å². The van der Waals surface area contributed by atoms with E-state index in [1.54, 1.807) is 19.1 Å². The zero-order valence-electron chi connectivity index (χ0n) is 33.3. The summed E-state index contributed by atoms with van der Waals surface area (Å²) < 4.78 is 41.2. The number of halogens is 1. The van der Waals surface area contributed by atoms with Crippen LogP contribution in [0.4, 0.5) is 5.69 Å². The molecule has 2 aliphatic carbocycles. The molecule has 320 valence electrons. The number of benzene rings is 2. The van der Waals surface area contributed by atoms with Gasteiger partial charge in [-0.2, -0.15) is 0 Å². The molecule has 0 radical (unpaired) electrons. The van der Waals surface area contributed by atoms with E-state index in [1.807, 2.05) is 54.7 Å². The topological polar surface area (TPSA) is 120 Å². The van der Waals surface area contributed by atoms with Gasteiger partial charge in [-0.15, -0.1) is 23.5 Å². The number of amides is 1. The van der Waals surface area contributed by atoms with Crippen molar-refractivity contribution in [1.82, 2.24) is 14.9 Å². The quantitative estimate of drug-likeness (QED) is 0.265. The molecular weight excluding hydrogens is 812 g/mol. The van der Waals surface area contributed by atoms with Gasteiger partial charge >= 0.3 is 0 Å². The number of ether oxygens (including phenoxy) is 2. The smallest absolute Gasteiger partial charge is 0.264 e. The second kappa shape index (κ2) is 18.6. The number of nitrogens with one attached hydrogen (secondary N) is 2. The molecule has 1 amide bonds. The van der Waals surface area contributed by atoms with Crippen molar-refractivity contribution in [2.45, 2.75) is 93.1 Å². The number of thioether (sulfide) groups is 2. The van der Waals surface area contributed by atoms with E-state index in [0.717, 1.165) is 93.6 Å². The van der Waals surface area contributed by atoms with Gasteiger partial charge in [-0.25, -0.2) is 13.1 Å². The van der Waals surface area contributed by atoms with Gasteiger partial charge in [0, 0.05) is 61.3 Å². The van der Waals surface area contributed by atoms with Gasteiger partial charge in [0.25, 0.3) is 5.91 Å². The van der Waals surface area contributed by atoms with Crippen LogP contribution < -0.4 is 19.7 Å². The minimum Gasteiger partial charge on any atom is -0.490 e. The highest BCUT2D eigenvalue weighted by molar-refractivity contribution is 8.17. The second-order valence-electron chi connectivity index (χ2n) is 17.3. The van der Waals surface area contributed by atoms with Crippen LogP contribution in [0.15, 0.2) is 48.6 Å². The molecule has 2 aromatic carbocycles. The van der Waals surface area contributed by atoms with Crippen molar-refractivity contribution in [2.24, 2.45) is 17.8 Å². The van der Waals surface area contributed by atoms with Crippen molar-refractivity contribution < 1.29 is 27.8 Å². The number of aryl methyl sites for hydroxylation is 1. The number of piperazine rings is 1. The summed E-state index contributed by atoms with van der Waals surface area (Å²) in [6.45, 7) is 11.9. The Hall–Kier alpha value is -1.97. The third-order valence-corrected chi connectivity index (χ3v) is 19.1. The summed E-state index contributed by atoms with van der Waals surface area (Å²) in [5.74, 6) is 2.18. The van der Waals surface area contributed by atoms with Crippen molar-refractivity contribution >= 4 is 56.7 Å². The Kier molecular flexibility index (Phi) is 14.1. The maximum atomic E-state index is 13.5.